The fraction of sp³-hybridized carbons (Fsp3) is 0.323. The summed E-state index contributed by atoms with van der Waals surface area (Å²) < 4.78 is 78.4. The van der Waals surface area contributed by atoms with Gasteiger partial charge in [0, 0.05) is 48.1 Å². The fourth-order valence-corrected chi connectivity index (χ4v) is 8.29. The lowest BCUT2D eigenvalue weighted by Gasteiger charge is -2.34. The van der Waals surface area contributed by atoms with E-state index in [4.69, 9.17) is 23.4 Å². The van der Waals surface area contributed by atoms with Gasteiger partial charge in [0.25, 0.3) is 10.0 Å². The Bertz CT molecular complexity index is 2090. The summed E-state index contributed by atoms with van der Waals surface area (Å²) in [5, 5.41) is 0.0123. The van der Waals surface area contributed by atoms with Crippen LogP contribution < -0.4 is 19.5 Å². The van der Waals surface area contributed by atoms with Crippen LogP contribution in [0.1, 0.15) is 28.7 Å². The van der Waals surface area contributed by atoms with Crippen molar-refractivity contribution in [1.29, 1.82) is 0 Å². The van der Waals surface area contributed by atoms with Crippen LogP contribution in [0.5, 0.6) is 11.5 Å². The van der Waals surface area contributed by atoms with Gasteiger partial charge in [-0.1, -0.05) is 18.2 Å². The molecule has 12 nitrogen and oxygen atoms in total. The van der Waals surface area contributed by atoms with Crippen molar-refractivity contribution < 1.29 is 36.2 Å². The van der Waals surface area contributed by atoms with Crippen molar-refractivity contribution in [3.05, 3.63) is 93.5 Å². The molecule has 2 aliphatic rings. The molecular formula is C31H29FN4O8S2. The van der Waals surface area contributed by atoms with Crippen molar-refractivity contribution in [3.63, 3.8) is 0 Å². The summed E-state index contributed by atoms with van der Waals surface area (Å²) in [6, 6.07) is 12.8. The molecule has 0 atom stereocenters. The van der Waals surface area contributed by atoms with Gasteiger partial charge in [0.1, 0.15) is 28.5 Å². The Kier molecular flexibility index (Phi) is 7.79. The first-order valence-corrected chi connectivity index (χ1v) is 16.6. The molecule has 240 valence electrons. The highest BCUT2D eigenvalue weighted by molar-refractivity contribution is 7.93. The molecule has 1 fully saturated rings. The number of nitrogens with zero attached hydrogens (tertiary/aromatic N) is 4. The number of aryl methyl sites for hydroxylation is 1. The smallest absolute Gasteiger partial charge is 0.420 e. The molecule has 0 radical (unpaired) electrons. The fourth-order valence-electron chi connectivity index (χ4n) is 6.09. The first-order chi connectivity index (χ1) is 22.2. The summed E-state index contributed by atoms with van der Waals surface area (Å²) in [4.78, 5) is 16.5. The first kappa shape index (κ1) is 30.3. The molecule has 0 bridgehead atoms. The first-order valence-electron chi connectivity index (χ1n) is 14.4. The highest BCUT2D eigenvalue weighted by Gasteiger charge is 2.40. The van der Waals surface area contributed by atoms with Crippen LogP contribution in [0.4, 0.5) is 9.52 Å². The van der Waals surface area contributed by atoms with Crippen LogP contribution in [0.3, 0.4) is 0 Å². The molecule has 0 N–H and O–H groups in total. The maximum atomic E-state index is 15.9. The highest BCUT2D eigenvalue weighted by Crippen LogP contribution is 2.38. The molecule has 3 heterocycles. The number of fused-ring (bicyclic) bond motifs is 2. The second kappa shape index (κ2) is 11.8. The topological polar surface area (TPSA) is 135 Å². The van der Waals surface area contributed by atoms with E-state index in [9.17, 15) is 13.2 Å². The van der Waals surface area contributed by atoms with Crippen LogP contribution in [-0.2, 0) is 45.4 Å². The Hall–Kier alpha value is -4.31. The van der Waals surface area contributed by atoms with Crippen LogP contribution in [0.2, 0.25) is 0 Å². The number of sulfonamides is 1. The van der Waals surface area contributed by atoms with E-state index in [-0.39, 0.29) is 29.3 Å². The van der Waals surface area contributed by atoms with E-state index in [0.717, 1.165) is 57.5 Å². The molecule has 7 rings (SSSR count). The zero-order chi connectivity index (χ0) is 32.1. The normalized spacial score (nSPS) is 15.7. The molecule has 1 aliphatic carbocycles. The minimum Gasteiger partial charge on any atom is -0.497 e. The summed E-state index contributed by atoms with van der Waals surface area (Å²) in [6.45, 7) is 0.891. The molecule has 0 unspecified atom stereocenters. The maximum Gasteiger partial charge on any atom is 0.420 e. The summed E-state index contributed by atoms with van der Waals surface area (Å²) in [5.41, 5.74) is 3.51. The molecule has 1 saturated heterocycles. The lowest BCUT2D eigenvalue weighted by atomic mass is 9.84. The van der Waals surface area contributed by atoms with Crippen LogP contribution in [0, 0.1) is 5.82 Å². The van der Waals surface area contributed by atoms with E-state index in [2.05, 4.69) is 9.36 Å². The van der Waals surface area contributed by atoms with Crippen molar-refractivity contribution in [2.45, 2.75) is 43.0 Å². The van der Waals surface area contributed by atoms with Gasteiger partial charge in [0.05, 0.1) is 46.0 Å². The number of methoxy groups -OCH3 is 2. The SMILES string of the molecule is COc1ccc(CN(c2ncns2)S(=O)(=O)c2cc3oc(=O)n(Cc4cccc5c4CC4(CC5)OCCO4)c3cc2F)c(OC)c1. The van der Waals surface area contributed by atoms with Crippen molar-refractivity contribution in [3.8, 4) is 11.5 Å². The van der Waals surface area contributed by atoms with Gasteiger partial charge in [-0.25, -0.2) is 26.9 Å². The number of halogens is 1. The number of aromatic nitrogens is 3. The van der Waals surface area contributed by atoms with E-state index in [1.807, 2.05) is 18.2 Å². The van der Waals surface area contributed by atoms with Crippen LogP contribution >= 0.6 is 11.5 Å². The number of oxazole rings is 1. The van der Waals surface area contributed by atoms with Gasteiger partial charge in [0.2, 0.25) is 5.13 Å². The van der Waals surface area contributed by atoms with Gasteiger partial charge in [-0.05, 0) is 35.2 Å². The van der Waals surface area contributed by atoms with Crippen molar-refractivity contribution in [2.24, 2.45) is 0 Å². The molecule has 3 aromatic carbocycles. The predicted octanol–water partition coefficient (Wildman–Crippen LogP) is 4.28. The number of rotatable bonds is 9. The Labute approximate surface area is 267 Å². The summed E-state index contributed by atoms with van der Waals surface area (Å²) >= 11 is 0.831. The lowest BCUT2D eigenvalue weighted by molar-refractivity contribution is -0.163. The van der Waals surface area contributed by atoms with Crippen molar-refractivity contribution in [1.82, 2.24) is 13.9 Å². The van der Waals surface area contributed by atoms with Crippen LogP contribution in [-0.4, -0.2) is 55.6 Å². The maximum absolute atomic E-state index is 15.9. The molecule has 46 heavy (non-hydrogen) atoms. The van der Waals surface area contributed by atoms with E-state index in [0.29, 0.717) is 36.7 Å². The second-order valence-corrected chi connectivity index (χ2v) is 13.5. The number of hydrogen-bond donors (Lipinski definition) is 0. The predicted molar refractivity (Wildman–Crippen MR) is 165 cm³/mol. The Morgan fingerprint density at radius 2 is 1.91 bits per heavy atom. The largest absolute Gasteiger partial charge is 0.497 e. The Morgan fingerprint density at radius 3 is 2.65 bits per heavy atom. The molecule has 1 spiro atoms. The quantitative estimate of drug-likeness (QED) is 0.224. The number of benzene rings is 3. The van der Waals surface area contributed by atoms with Gasteiger partial charge < -0.3 is 23.4 Å². The lowest BCUT2D eigenvalue weighted by Crippen LogP contribution is -2.37. The molecular weight excluding hydrogens is 639 g/mol. The van der Waals surface area contributed by atoms with E-state index >= 15 is 4.39 Å². The standard InChI is InChI=1S/C31H29FN4O8S2/c1-40-22-7-6-21(26(12-22)41-2)17-36(29-33-18-34-45-29)46(38,39)28-14-27-25(13-24(28)32)35(30(37)44-27)16-20-5-3-4-19-8-9-31(15-23(19)20)42-10-11-43-31/h3-7,12-14,18H,8-11,15-17H2,1-2H3. The average Bonchev–Trinajstić information content (AvgIpc) is 3.81. The van der Waals surface area contributed by atoms with E-state index in [1.54, 1.807) is 18.2 Å². The zero-order valence-electron chi connectivity index (χ0n) is 24.9. The van der Waals surface area contributed by atoms with E-state index < -0.39 is 32.3 Å². The summed E-state index contributed by atoms with van der Waals surface area (Å²) in [5.74, 6) is -1.61. The highest BCUT2D eigenvalue weighted by atomic mass is 32.2. The van der Waals surface area contributed by atoms with Gasteiger partial charge in [-0.2, -0.15) is 4.37 Å². The van der Waals surface area contributed by atoms with Crippen LogP contribution in [0.25, 0.3) is 11.1 Å². The third kappa shape index (κ3) is 5.32. The second-order valence-electron chi connectivity index (χ2n) is 11.0. The molecule has 15 heteroatoms. The Morgan fingerprint density at radius 1 is 1.09 bits per heavy atom. The summed E-state index contributed by atoms with van der Waals surface area (Å²) in [7, 11) is -1.65. The summed E-state index contributed by atoms with van der Waals surface area (Å²) in [6.07, 6.45) is 3.23. The Balaban J connectivity index is 1.26. The minimum atomic E-state index is -4.59. The minimum absolute atomic E-state index is 0.0123. The monoisotopic (exact) mass is 668 g/mol. The van der Waals surface area contributed by atoms with Gasteiger partial charge in [-0.3, -0.25) is 4.57 Å². The van der Waals surface area contributed by atoms with E-state index in [1.165, 1.54) is 25.1 Å². The molecule has 5 aromatic rings. The number of hydrogen-bond acceptors (Lipinski definition) is 11. The van der Waals surface area contributed by atoms with Crippen molar-refractivity contribution >= 4 is 37.8 Å². The zero-order valence-corrected chi connectivity index (χ0v) is 26.5. The molecule has 2 aromatic heterocycles. The number of anilines is 1. The van der Waals surface area contributed by atoms with Crippen molar-refractivity contribution in [2.75, 3.05) is 31.7 Å². The van der Waals surface area contributed by atoms with Gasteiger partial charge in [0.15, 0.2) is 11.4 Å². The third-order valence-electron chi connectivity index (χ3n) is 8.39. The van der Waals surface area contributed by atoms with Gasteiger partial charge in [-0.15, -0.1) is 0 Å². The van der Waals surface area contributed by atoms with Gasteiger partial charge >= 0.3 is 5.76 Å². The molecule has 1 aliphatic heterocycles. The molecule has 0 saturated carbocycles. The molecule has 0 amide bonds. The third-order valence-corrected chi connectivity index (χ3v) is 10.9. The number of ether oxygens (including phenoxy) is 4. The van der Waals surface area contributed by atoms with Crippen LogP contribution in [0.15, 0.2) is 69.0 Å². The average molecular weight is 669 g/mol.